The number of aryl methyl sites for hydroxylation is 1. The fraction of sp³-hybridized carbons (Fsp3) is 0.619. The van der Waals surface area contributed by atoms with Gasteiger partial charge in [0.05, 0.1) is 6.10 Å². The Hall–Kier alpha value is -1.88. The van der Waals surface area contributed by atoms with Crippen LogP contribution >= 0.6 is 0 Å². The average molecular weight is 358 g/mol. The summed E-state index contributed by atoms with van der Waals surface area (Å²) in [5.41, 5.74) is 2.34. The molecule has 5 heteroatoms. The van der Waals surface area contributed by atoms with Gasteiger partial charge in [-0.1, -0.05) is 29.8 Å². The first kappa shape index (κ1) is 18.9. The molecule has 0 radical (unpaired) electrons. The zero-order valence-electron chi connectivity index (χ0n) is 15.6. The number of hydrogen-bond donors (Lipinski definition) is 2. The van der Waals surface area contributed by atoms with Crippen LogP contribution in [0.4, 0.5) is 0 Å². The standard InChI is InChI=1S/C21H30N2O3/c1-15-4-6-16(7-5-15)13-22-20(24)17-8-10-18(11-9-17)21(25)23-14-19-3-2-12-26-19/h4-7,17-19H,2-3,8-14H2,1H3,(H,22,24)(H,23,25). The molecular formula is C21H30N2O3. The number of amides is 2. The van der Waals surface area contributed by atoms with Crippen molar-refractivity contribution < 1.29 is 14.3 Å². The van der Waals surface area contributed by atoms with E-state index in [0.29, 0.717) is 13.1 Å². The molecule has 1 heterocycles. The molecule has 2 amide bonds. The number of hydrogen-bond acceptors (Lipinski definition) is 3. The highest BCUT2D eigenvalue weighted by Crippen LogP contribution is 2.29. The molecule has 1 atom stereocenters. The Morgan fingerprint density at radius 3 is 2.15 bits per heavy atom. The van der Waals surface area contributed by atoms with E-state index in [1.54, 1.807) is 0 Å². The number of benzene rings is 1. The van der Waals surface area contributed by atoms with Crippen molar-refractivity contribution in [3.05, 3.63) is 35.4 Å². The topological polar surface area (TPSA) is 67.4 Å². The lowest BCUT2D eigenvalue weighted by Gasteiger charge is -2.27. The van der Waals surface area contributed by atoms with E-state index in [4.69, 9.17) is 4.74 Å². The Morgan fingerprint density at radius 2 is 1.58 bits per heavy atom. The molecule has 0 spiro atoms. The minimum Gasteiger partial charge on any atom is -0.376 e. The summed E-state index contributed by atoms with van der Waals surface area (Å²) in [7, 11) is 0. The van der Waals surface area contributed by atoms with Crippen molar-refractivity contribution in [1.82, 2.24) is 10.6 Å². The molecule has 0 bridgehead atoms. The van der Waals surface area contributed by atoms with Crippen LogP contribution in [0.2, 0.25) is 0 Å². The summed E-state index contributed by atoms with van der Waals surface area (Å²) in [6, 6.07) is 8.21. The van der Waals surface area contributed by atoms with Gasteiger partial charge >= 0.3 is 0 Å². The Balaban J connectivity index is 1.36. The van der Waals surface area contributed by atoms with E-state index in [-0.39, 0.29) is 29.8 Å². The van der Waals surface area contributed by atoms with Gasteiger partial charge in [-0.2, -0.15) is 0 Å². The van der Waals surface area contributed by atoms with Crippen LogP contribution in [0, 0.1) is 18.8 Å². The van der Waals surface area contributed by atoms with Crippen molar-refractivity contribution in [1.29, 1.82) is 0 Å². The summed E-state index contributed by atoms with van der Waals surface area (Å²) >= 11 is 0. The SMILES string of the molecule is Cc1ccc(CNC(=O)C2CCC(C(=O)NCC3CCCO3)CC2)cc1. The minimum absolute atomic E-state index is 0.0302. The molecule has 1 aliphatic heterocycles. The van der Waals surface area contributed by atoms with E-state index in [0.717, 1.165) is 50.7 Å². The van der Waals surface area contributed by atoms with Crippen LogP contribution in [0.1, 0.15) is 49.7 Å². The molecule has 1 saturated carbocycles. The highest BCUT2D eigenvalue weighted by Gasteiger charge is 2.30. The van der Waals surface area contributed by atoms with E-state index >= 15 is 0 Å². The Bertz CT molecular complexity index is 600. The van der Waals surface area contributed by atoms with Gasteiger partial charge < -0.3 is 15.4 Å². The largest absolute Gasteiger partial charge is 0.376 e. The highest BCUT2D eigenvalue weighted by atomic mass is 16.5. The van der Waals surface area contributed by atoms with Crippen molar-refractivity contribution in [3.63, 3.8) is 0 Å². The molecule has 1 saturated heterocycles. The third-order valence-electron chi connectivity index (χ3n) is 5.58. The van der Waals surface area contributed by atoms with E-state index in [2.05, 4.69) is 29.7 Å². The number of carbonyl (C=O) groups excluding carboxylic acids is 2. The lowest BCUT2D eigenvalue weighted by atomic mass is 9.81. The molecule has 142 valence electrons. The van der Waals surface area contributed by atoms with E-state index < -0.39 is 0 Å². The normalized spacial score (nSPS) is 25.7. The zero-order chi connectivity index (χ0) is 18.4. The van der Waals surface area contributed by atoms with Crippen LogP contribution in [0.15, 0.2) is 24.3 Å². The number of rotatable bonds is 6. The minimum atomic E-state index is 0.0302. The predicted molar refractivity (Wildman–Crippen MR) is 100 cm³/mol. The lowest BCUT2D eigenvalue weighted by molar-refractivity contribution is -0.130. The van der Waals surface area contributed by atoms with Gasteiger partial charge in [-0.15, -0.1) is 0 Å². The van der Waals surface area contributed by atoms with Crippen molar-refractivity contribution in [2.75, 3.05) is 13.2 Å². The van der Waals surface area contributed by atoms with Crippen LogP contribution in [0.25, 0.3) is 0 Å². The van der Waals surface area contributed by atoms with Crippen molar-refractivity contribution >= 4 is 11.8 Å². The average Bonchev–Trinajstić information content (AvgIpc) is 3.19. The summed E-state index contributed by atoms with van der Waals surface area (Å²) in [4.78, 5) is 24.7. The maximum Gasteiger partial charge on any atom is 0.223 e. The highest BCUT2D eigenvalue weighted by molar-refractivity contribution is 5.81. The predicted octanol–water partition coefficient (Wildman–Crippen LogP) is 2.71. The summed E-state index contributed by atoms with van der Waals surface area (Å²) in [5.74, 6) is 0.308. The Labute approximate surface area is 155 Å². The molecule has 2 fully saturated rings. The zero-order valence-corrected chi connectivity index (χ0v) is 15.6. The first-order valence-corrected chi connectivity index (χ1v) is 9.84. The monoisotopic (exact) mass is 358 g/mol. The van der Waals surface area contributed by atoms with Gasteiger partial charge in [0.2, 0.25) is 11.8 Å². The van der Waals surface area contributed by atoms with E-state index in [1.807, 2.05) is 12.1 Å². The second-order valence-electron chi connectivity index (χ2n) is 7.63. The molecule has 26 heavy (non-hydrogen) atoms. The quantitative estimate of drug-likeness (QED) is 0.822. The first-order valence-electron chi connectivity index (χ1n) is 9.84. The van der Waals surface area contributed by atoms with E-state index in [1.165, 1.54) is 5.56 Å². The molecule has 2 N–H and O–H groups in total. The number of carbonyl (C=O) groups is 2. The van der Waals surface area contributed by atoms with Crippen LogP contribution in [0.3, 0.4) is 0 Å². The maximum atomic E-state index is 12.4. The molecule has 2 aliphatic rings. The second-order valence-corrected chi connectivity index (χ2v) is 7.63. The molecule has 0 aromatic heterocycles. The smallest absolute Gasteiger partial charge is 0.223 e. The molecule has 1 aromatic rings. The summed E-state index contributed by atoms with van der Waals surface area (Å²) in [6.45, 7) is 4.05. The molecule has 1 aromatic carbocycles. The molecular weight excluding hydrogens is 328 g/mol. The van der Waals surface area contributed by atoms with Crippen molar-refractivity contribution in [3.8, 4) is 0 Å². The first-order chi connectivity index (χ1) is 12.6. The Morgan fingerprint density at radius 1 is 0.962 bits per heavy atom. The molecule has 1 aliphatic carbocycles. The third-order valence-corrected chi connectivity index (χ3v) is 5.58. The number of nitrogens with one attached hydrogen (secondary N) is 2. The van der Waals surface area contributed by atoms with Gasteiger partial charge in [-0.3, -0.25) is 9.59 Å². The van der Waals surface area contributed by atoms with E-state index in [9.17, 15) is 9.59 Å². The lowest BCUT2D eigenvalue weighted by Crippen LogP contribution is -2.39. The van der Waals surface area contributed by atoms with Gasteiger partial charge in [0.1, 0.15) is 0 Å². The van der Waals surface area contributed by atoms with Crippen LogP contribution in [-0.4, -0.2) is 31.1 Å². The molecule has 5 nitrogen and oxygen atoms in total. The maximum absolute atomic E-state index is 12.4. The van der Waals surface area contributed by atoms with Gasteiger partial charge in [-0.25, -0.2) is 0 Å². The summed E-state index contributed by atoms with van der Waals surface area (Å²) < 4.78 is 5.54. The fourth-order valence-electron chi connectivity index (χ4n) is 3.82. The van der Waals surface area contributed by atoms with Gasteiger partial charge in [0.15, 0.2) is 0 Å². The second kappa shape index (κ2) is 9.17. The van der Waals surface area contributed by atoms with Gasteiger partial charge in [0.25, 0.3) is 0 Å². The van der Waals surface area contributed by atoms with Gasteiger partial charge in [-0.05, 0) is 51.0 Å². The third kappa shape index (κ3) is 5.31. The summed E-state index contributed by atoms with van der Waals surface area (Å²) in [5, 5.41) is 6.06. The Kier molecular flexibility index (Phi) is 6.67. The molecule has 3 rings (SSSR count). The van der Waals surface area contributed by atoms with Crippen LogP contribution < -0.4 is 10.6 Å². The van der Waals surface area contributed by atoms with Crippen molar-refractivity contribution in [2.24, 2.45) is 11.8 Å². The fourth-order valence-corrected chi connectivity index (χ4v) is 3.82. The summed E-state index contributed by atoms with van der Waals surface area (Å²) in [6.07, 6.45) is 5.47. The van der Waals surface area contributed by atoms with Crippen LogP contribution in [0.5, 0.6) is 0 Å². The van der Waals surface area contributed by atoms with Crippen LogP contribution in [-0.2, 0) is 20.9 Å². The molecule has 1 unspecified atom stereocenters. The van der Waals surface area contributed by atoms with Gasteiger partial charge in [0, 0.05) is 31.5 Å². The number of ether oxygens (including phenoxy) is 1. The van der Waals surface area contributed by atoms with Crippen molar-refractivity contribution in [2.45, 2.75) is 58.1 Å².